The van der Waals surface area contributed by atoms with Crippen molar-refractivity contribution >= 4 is 0 Å². The van der Waals surface area contributed by atoms with E-state index < -0.39 is 0 Å². The second-order valence-electron chi connectivity index (χ2n) is 7.44. The zero-order valence-corrected chi connectivity index (χ0v) is 13.9. The fourth-order valence-corrected chi connectivity index (χ4v) is 4.63. The quantitative estimate of drug-likeness (QED) is 0.843. The van der Waals surface area contributed by atoms with Crippen LogP contribution in [0.3, 0.4) is 0 Å². The lowest BCUT2D eigenvalue weighted by molar-refractivity contribution is 0.0270. The summed E-state index contributed by atoms with van der Waals surface area (Å²) in [6.07, 6.45) is 12.9. The van der Waals surface area contributed by atoms with Crippen LogP contribution in [0.4, 0.5) is 0 Å². The van der Waals surface area contributed by atoms with Crippen molar-refractivity contribution in [2.75, 3.05) is 26.2 Å². The van der Waals surface area contributed by atoms with E-state index in [1.165, 1.54) is 77.4 Å². The molecule has 2 heterocycles. The van der Waals surface area contributed by atoms with E-state index in [-0.39, 0.29) is 0 Å². The average molecular weight is 294 g/mol. The number of hydrogen-bond acceptors (Lipinski definition) is 3. The summed E-state index contributed by atoms with van der Waals surface area (Å²) in [4.78, 5) is 2.77. The van der Waals surface area contributed by atoms with E-state index in [1.54, 1.807) is 0 Å². The van der Waals surface area contributed by atoms with Crippen LogP contribution in [0.1, 0.15) is 64.7 Å². The molecule has 0 radical (unpaired) electrons. The van der Waals surface area contributed by atoms with Crippen molar-refractivity contribution in [3.63, 3.8) is 0 Å². The van der Waals surface area contributed by atoms with Gasteiger partial charge in [-0.05, 0) is 38.0 Å². The molecule has 0 amide bonds. The highest BCUT2D eigenvalue weighted by atomic mass is 16.5. The molecule has 0 aromatic rings. The van der Waals surface area contributed by atoms with Gasteiger partial charge >= 0.3 is 0 Å². The van der Waals surface area contributed by atoms with Crippen molar-refractivity contribution in [3.05, 3.63) is 0 Å². The summed E-state index contributed by atoms with van der Waals surface area (Å²) in [5.74, 6) is 0.924. The van der Waals surface area contributed by atoms with Crippen LogP contribution in [0.25, 0.3) is 0 Å². The van der Waals surface area contributed by atoms with E-state index in [2.05, 4.69) is 17.1 Å². The van der Waals surface area contributed by atoms with Crippen LogP contribution in [0.15, 0.2) is 0 Å². The Morgan fingerprint density at radius 3 is 2.67 bits per heavy atom. The Labute approximate surface area is 130 Å². The monoisotopic (exact) mass is 294 g/mol. The minimum Gasteiger partial charge on any atom is -0.377 e. The highest BCUT2D eigenvalue weighted by Gasteiger charge is 2.33. The van der Waals surface area contributed by atoms with Crippen LogP contribution in [-0.2, 0) is 4.74 Å². The molecule has 3 rings (SSSR count). The second-order valence-corrected chi connectivity index (χ2v) is 7.44. The molecule has 1 aliphatic carbocycles. The summed E-state index contributed by atoms with van der Waals surface area (Å²) in [5, 5.41) is 3.90. The summed E-state index contributed by atoms with van der Waals surface area (Å²) < 4.78 is 5.90. The third-order valence-electron chi connectivity index (χ3n) is 5.87. The molecule has 3 nitrogen and oxygen atoms in total. The predicted octanol–water partition coefficient (Wildman–Crippen LogP) is 3.19. The minimum absolute atomic E-state index is 0.509. The Morgan fingerprint density at radius 2 is 1.95 bits per heavy atom. The second kappa shape index (κ2) is 7.94. The molecule has 3 atom stereocenters. The molecular formula is C18H34N2O. The van der Waals surface area contributed by atoms with Crippen molar-refractivity contribution in [1.29, 1.82) is 0 Å². The first-order chi connectivity index (χ1) is 10.4. The van der Waals surface area contributed by atoms with E-state index in [1.807, 2.05) is 0 Å². The molecule has 1 N–H and O–H groups in total. The first kappa shape index (κ1) is 15.8. The number of rotatable bonds is 5. The Kier molecular flexibility index (Phi) is 5.96. The van der Waals surface area contributed by atoms with Crippen LogP contribution in [0.5, 0.6) is 0 Å². The van der Waals surface area contributed by atoms with E-state index in [0.29, 0.717) is 6.10 Å². The number of piperazine rings is 1. The summed E-state index contributed by atoms with van der Waals surface area (Å²) in [7, 11) is 0. The van der Waals surface area contributed by atoms with Crippen LogP contribution >= 0.6 is 0 Å². The molecule has 2 aliphatic heterocycles. The minimum atomic E-state index is 0.509. The van der Waals surface area contributed by atoms with Gasteiger partial charge in [0.25, 0.3) is 0 Å². The lowest BCUT2D eigenvalue weighted by Crippen LogP contribution is -2.60. The molecule has 122 valence electrons. The zero-order valence-electron chi connectivity index (χ0n) is 13.9. The molecule has 3 fully saturated rings. The molecule has 0 bridgehead atoms. The van der Waals surface area contributed by atoms with Crippen LogP contribution in [0, 0.1) is 5.92 Å². The standard InChI is InChI=1S/C18H34N2O/c1-2-7-16-12-19-18(15-8-4-3-5-9-15)14-20(16)13-17-10-6-11-21-17/h15-19H,2-14H2,1H3. The van der Waals surface area contributed by atoms with Crippen LogP contribution < -0.4 is 5.32 Å². The third-order valence-corrected chi connectivity index (χ3v) is 5.87. The molecule has 3 aliphatic rings. The number of nitrogens with zero attached hydrogens (tertiary/aromatic N) is 1. The summed E-state index contributed by atoms with van der Waals surface area (Å²) in [6, 6.07) is 1.47. The lowest BCUT2D eigenvalue weighted by atomic mass is 9.82. The van der Waals surface area contributed by atoms with Crippen molar-refractivity contribution in [1.82, 2.24) is 10.2 Å². The largest absolute Gasteiger partial charge is 0.377 e. The average Bonchev–Trinajstić information content (AvgIpc) is 3.03. The van der Waals surface area contributed by atoms with Gasteiger partial charge in [0, 0.05) is 38.3 Å². The topological polar surface area (TPSA) is 24.5 Å². The molecule has 3 unspecified atom stereocenters. The molecule has 2 saturated heterocycles. The van der Waals surface area contributed by atoms with E-state index in [0.717, 1.165) is 24.6 Å². The van der Waals surface area contributed by atoms with Gasteiger partial charge in [0.2, 0.25) is 0 Å². The highest BCUT2D eigenvalue weighted by Crippen LogP contribution is 2.29. The number of nitrogens with one attached hydrogen (secondary N) is 1. The van der Waals surface area contributed by atoms with Gasteiger partial charge in [0.05, 0.1) is 6.10 Å². The normalized spacial score (nSPS) is 36.1. The Bertz CT molecular complexity index is 298. The highest BCUT2D eigenvalue weighted by molar-refractivity contribution is 4.91. The van der Waals surface area contributed by atoms with Gasteiger partial charge in [0.1, 0.15) is 0 Å². The summed E-state index contributed by atoms with van der Waals surface area (Å²) in [6.45, 7) is 6.94. The summed E-state index contributed by atoms with van der Waals surface area (Å²) in [5.41, 5.74) is 0. The third kappa shape index (κ3) is 4.20. The van der Waals surface area contributed by atoms with Gasteiger partial charge in [-0.15, -0.1) is 0 Å². The molecule has 0 aromatic carbocycles. The van der Waals surface area contributed by atoms with Crippen molar-refractivity contribution in [2.24, 2.45) is 5.92 Å². The van der Waals surface area contributed by atoms with Crippen molar-refractivity contribution < 1.29 is 4.74 Å². The maximum absolute atomic E-state index is 5.90. The summed E-state index contributed by atoms with van der Waals surface area (Å²) >= 11 is 0. The smallest absolute Gasteiger partial charge is 0.0702 e. The number of hydrogen-bond donors (Lipinski definition) is 1. The molecule has 1 saturated carbocycles. The maximum atomic E-state index is 5.90. The molecule has 0 spiro atoms. The van der Waals surface area contributed by atoms with Crippen LogP contribution in [-0.4, -0.2) is 49.3 Å². The van der Waals surface area contributed by atoms with Crippen molar-refractivity contribution in [3.8, 4) is 0 Å². The first-order valence-corrected chi connectivity index (χ1v) is 9.46. The van der Waals surface area contributed by atoms with E-state index >= 15 is 0 Å². The van der Waals surface area contributed by atoms with Crippen molar-refractivity contribution in [2.45, 2.75) is 82.9 Å². The van der Waals surface area contributed by atoms with Gasteiger partial charge < -0.3 is 10.1 Å². The fraction of sp³-hybridized carbons (Fsp3) is 1.00. The van der Waals surface area contributed by atoms with Crippen LogP contribution in [0.2, 0.25) is 0 Å². The Hall–Kier alpha value is -0.120. The Morgan fingerprint density at radius 1 is 1.10 bits per heavy atom. The molecule has 0 aromatic heterocycles. The molecule has 3 heteroatoms. The lowest BCUT2D eigenvalue weighted by Gasteiger charge is -2.44. The van der Waals surface area contributed by atoms with Gasteiger partial charge in [0.15, 0.2) is 0 Å². The zero-order chi connectivity index (χ0) is 14.5. The van der Waals surface area contributed by atoms with Gasteiger partial charge in [-0.2, -0.15) is 0 Å². The fourth-order valence-electron chi connectivity index (χ4n) is 4.63. The van der Waals surface area contributed by atoms with Gasteiger partial charge in [-0.1, -0.05) is 32.6 Å². The molecule has 21 heavy (non-hydrogen) atoms. The Balaban J connectivity index is 1.57. The van der Waals surface area contributed by atoms with E-state index in [4.69, 9.17) is 4.74 Å². The van der Waals surface area contributed by atoms with Gasteiger partial charge in [-0.3, -0.25) is 4.90 Å². The number of ether oxygens (including phenoxy) is 1. The van der Waals surface area contributed by atoms with Gasteiger partial charge in [-0.25, -0.2) is 0 Å². The predicted molar refractivity (Wildman–Crippen MR) is 87.6 cm³/mol. The maximum Gasteiger partial charge on any atom is 0.0702 e. The molecular weight excluding hydrogens is 260 g/mol. The SMILES string of the molecule is CCCC1CNC(C2CCCCC2)CN1CC1CCCO1. The van der Waals surface area contributed by atoms with E-state index in [9.17, 15) is 0 Å². The first-order valence-electron chi connectivity index (χ1n) is 9.46.